The minimum absolute atomic E-state index is 0.0224. The molecule has 1 heterocycles. The number of benzene rings is 2. The molecule has 6 heteroatoms. The van der Waals surface area contributed by atoms with Crippen molar-refractivity contribution in [1.29, 1.82) is 0 Å². The van der Waals surface area contributed by atoms with E-state index in [1.165, 1.54) is 23.9 Å². The van der Waals surface area contributed by atoms with Crippen LogP contribution in [0.1, 0.15) is 34.4 Å². The van der Waals surface area contributed by atoms with Crippen molar-refractivity contribution in [1.82, 2.24) is 4.90 Å². The molecule has 0 radical (unpaired) electrons. The van der Waals surface area contributed by atoms with Crippen LogP contribution < -0.4 is 0 Å². The monoisotopic (exact) mass is 377 g/mol. The van der Waals surface area contributed by atoms with Gasteiger partial charge in [0, 0.05) is 18.2 Å². The highest BCUT2D eigenvalue weighted by atomic mass is 32.2. The largest absolute Gasteiger partial charge is 0.416 e. The van der Waals surface area contributed by atoms with Crippen LogP contribution >= 0.6 is 11.8 Å². The number of amides is 1. The molecular formula is C20H18F3NOS. The molecule has 0 spiro atoms. The number of nitrogens with zero attached hydrogens (tertiary/aromatic N) is 1. The van der Waals surface area contributed by atoms with Crippen molar-refractivity contribution in [2.75, 3.05) is 12.3 Å². The van der Waals surface area contributed by atoms with Gasteiger partial charge >= 0.3 is 6.18 Å². The summed E-state index contributed by atoms with van der Waals surface area (Å²) in [5.74, 6) is 0.709. The van der Waals surface area contributed by atoms with E-state index in [1.54, 1.807) is 11.0 Å². The molecule has 0 unspecified atom stereocenters. The Morgan fingerprint density at radius 2 is 1.73 bits per heavy atom. The highest BCUT2D eigenvalue weighted by Gasteiger charge is 2.48. The van der Waals surface area contributed by atoms with Gasteiger partial charge in [-0.15, -0.1) is 11.8 Å². The maximum Gasteiger partial charge on any atom is 0.416 e. The van der Waals surface area contributed by atoms with Crippen molar-refractivity contribution in [3.05, 3.63) is 71.3 Å². The summed E-state index contributed by atoms with van der Waals surface area (Å²) in [5, 5.41) is -0.558. The zero-order valence-electron chi connectivity index (χ0n) is 13.9. The summed E-state index contributed by atoms with van der Waals surface area (Å²) in [6.45, 7) is 0.498. The van der Waals surface area contributed by atoms with Crippen LogP contribution in [0.3, 0.4) is 0 Å². The topological polar surface area (TPSA) is 20.3 Å². The van der Waals surface area contributed by atoms with Gasteiger partial charge < -0.3 is 4.90 Å². The number of carbonyl (C=O) groups excluding carboxylic acids is 1. The van der Waals surface area contributed by atoms with E-state index in [4.69, 9.17) is 0 Å². The Morgan fingerprint density at radius 1 is 1.04 bits per heavy atom. The average Bonchev–Trinajstić information content (AvgIpc) is 3.29. The lowest BCUT2D eigenvalue weighted by atomic mass is 10.1. The third kappa shape index (κ3) is 3.22. The summed E-state index contributed by atoms with van der Waals surface area (Å²) in [6, 6.07) is 15.4. The molecule has 0 N–H and O–H groups in total. The molecule has 1 saturated heterocycles. The minimum atomic E-state index is -4.42. The first kappa shape index (κ1) is 17.5. The lowest BCUT2D eigenvalue weighted by molar-refractivity contribution is -0.140. The van der Waals surface area contributed by atoms with Crippen LogP contribution in [-0.2, 0) is 11.0 Å². The molecule has 2 nitrogen and oxygen atoms in total. The number of thioether (sulfide) groups is 1. The molecule has 2 fully saturated rings. The summed E-state index contributed by atoms with van der Waals surface area (Å²) in [5.41, 5.74) is 0.672. The molecule has 136 valence electrons. The van der Waals surface area contributed by atoms with Gasteiger partial charge in [-0.25, -0.2) is 0 Å². The van der Waals surface area contributed by atoms with Crippen molar-refractivity contribution < 1.29 is 18.0 Å². The van der Waals surface area contributed by atoms with Crippen molar-refractivity contribution in [2.45, 2.75) is 23.9 Å². The normalized spacial score (nSPS) is 25.3. The van der Waals surface area contributed by atoms with Gasteiger partial charge in [0.05, 0.1) is 5.56 Å². The maximum atomic E-state index is 13.4. The fourth-order valence-electron chi connectivity index (χ4n) is 3.67. The third-order valence-electron chi connectivity index (χ3n) is 5.04. The Labute approximate surface area is 154 Å². The molecule has 0 aromatic heterocycles. The van der Waals surface area contributed by atoms with Crippen molar-refractivity contribution in [3.8, 4) is 0 Å². The Hall–Kier alpha value is -1.95. The SMILES string of the molecule is O=C([C@@H]1C[C@H]1c1ccccc1)N1CCS[C@H]1c1ccccc1C(F)(F)F. The van der Waals surface area contributed by atoms with Gasteiger partial charge in [0.15, 0.2) is 0 Å². The minimum Gasteiger partial charge on any atom is -0.325 e. The van der Waals surface area contributed by atoms with E-state index in [9.17, 15) is 18.0 Å². The van der Waals surface area contributed by atoms with Gasteiger partial charge in [0.2, 0.25) is 5.91 Å². The molecule has 1 aliphatic carbocycles. The highest BCUT2D eigenvalue weighted by Crippen LogP contribution is 2.51. The van der Waals surface area contributed by atoms with Crippen LogP contribution in [-0.4, -0.2) is 23.1 Å². The van der Waals surface area contributed by atoms with E-state index in [0.29, 0.717) is 12.3 Å². The van der Waals surface area contributed by atoms with E-state index in [-0.39, 0.29) is 23.3 Å². The van der Waals surface area contributed by atoms with Crippen LogP contribution in [0.4, 0.5) is 13.2 Å². The number of carbonyl (C=O) groups is 1. The van der Waals surface area contributed by atoms with Crippen LogP contribution in [0, 0.1) is 5.92 Å². The smallest absolute Gasteiger partial charge is 0.325 e. The number of hydrogen-bond acceptors (Lipinski definition) is 2. The van der Waals surface area contributed by atoms with Crippen molar-refractivity contribution in [3.63, 3.8) is 0 Å². The van der Waals surface area contributed by atoms with E-state index in [2.05, 4.69) is 0 Å². The zero-order valence-corrected chi connectivity index (χ0v) is 14.8. The second-order valence-corrected chi connectivity index (χ2v) is 7.89. The second kappa shape index (κ2) is 6.65. The molecule has 0 bridgehead atoms. The Morgan fingerprint density at radius 3 is 2.46 bits per heavy atom. The number of rotatable bonds is 3. The first-order valence-corrected chi connectivity index (χ1v) is 9.65. The number of hydrogen-bond donors (Lipinski definition) is 0. The highest BCUT2D eigenvalue weighted by molar-refractivity contribution is 7.99. The average molecular weight is 377 g/mol. The molecule has 26 heavy (non-hydrogen) atoms. The number of halogens is 3. The fourth-order valence-corrected chi connectivity index (χ4v) is 4.97. The molecule has 2 aliphatic rings. The molecule has 3 atom stereocenters. The lowest BCUT2D eigenvalue weighted by Crippen LogP contribution is -2.32. The summed E-state index contributed by atoms with van der Waals surface area (Å²) in [6.07, 6.45) is -3.64. The summed E-state index contributed by atoms with van der Waals surface area (Å²) < 4.78 is 40.1. The first-order valence-electron chi connectivity index (χ1n) is 8.60. The second-order valence-electron chi connectivity index (χ2n) is 6.70. The van der Waals surface area contributed by atoms with Crippen LogP contribution in [0.5, 0.6) is 0 Å². The van der Waals surface area contributed by atoms with E-state index in [0.717, 1.165) is 18.1 Å². The molecule has 1 amide bonds. The summed E-state index contributed by atoms with van der Waals surface area (Å²) in [4.78, 5) is 14.6. The molecule has 2 aromatic rings. The van der Waals surface area contributed by atoms with Crippen molar-refractivity contribution in [2.24, 2.45) is 5.92 Å². The van der Waals surface area contributed by atoms with E-state index in [1.807, 2.05) is 30.3 Å². The third-order valence-corrected chi connectivity index (χ3v) is 6.28. The predicted molar refractivity (Wildman–Crippen MR) is 95.6 cm³/mol. The van der Waals surface area contributed by atoms with Crippen LogP contribution in [0.15, 0.2) is 54.6 Å². The maximum absolute atomic E-state index is 13.4. The van der Waals surface area contributed by atoms with Gasteiger partial charge in [-0.05, 0) is 29.5 Å². The Bertz CT molecular complexity index is 808. The molecular weight excluding hydrogens is 359 g/mol. The van der Waals surface area contributed by atoms with Crippen molar-refractivity contribution >= 4 is 17.7 Å². The van der Waals surface area contributed by atoms with E-state index < -0.39 is 17.1 Å². The lowest BCUT2D eigenvalue weighted by Gasteiger charge is -2.26. The van der Waals surface area contributed by atoms with Gasteiger partial charge in [0.25, 0.3) is 0 Å². The Balaban J connectivity index is 1.56. The van der Waals surface area contributed by atoms with E-state index >= 15 is 0 Å². The van der Waals surface area contributed by atoms with Crippen LogP contribution in [0.25, 0.3) is 0 Å². The van der Waals surface area contributed by atoms with Gasteiger partial charge in [-0.2, -0.15) is 13.2 Å². The molecule has 4 rings (SSSR count). The van der Waals surface area contributed by atoms with Gasteiger partial charge in [0.1, 0.15) is 5.37 Å². The molecule has 1 saturated carbocycles. The summed E-state index contributed by atoms with van der Waals surface area (Å²) in [7, 11) is 0. The number of alkyl halides is 3. The fraction of sp³-hybridized carbons (Fsp3) is 0.350. The Kier molecular flexibility index (Phi) is 4.47. The quantitative estimate of drug-likeness (QED) is 0.743. The van der Waals surface area contributed by atoms with Gasteiger partial charge in [-0.3, -0.25) is 4.79 Å². The summed E-state index contributed by atoms with van der Waals surface area (Å²) >= 11 is 1.41. The molecule has 1 aliphatic heterocycles. The first-order chi connectivity index (χ1) is 12.5. The zero-order chi connectivity index (χ0) is 18.3. The predicted octanol–water partition coefficient (Wildman–Crippen LogP) is 5.08. The molecule has 2 aromatic carbocycles. The van der Waals surface area contributed by atoms with Crippen LogP contribution in [0.2, 0.25) is 0 Å². The standard InChI is InChI=1S/C20H18F3NOS/c21-20(22,23)17-9-5-4-8-14(17)19-24(10-11-26-19)18(25)16-12-15(16)13-6-2-1-3-7-13/h1-9,15-16,19H,10-12H2/t15-,16+,19-/m0/s1. The van der Waals surface area contributed by atoms with Gasteiger partial charge in [-0.1, -0.05) is 48.5 Å².